The molecule has 1 aromatic heterocycles. The number of aryl methyl sites for hydroxylation is 1. The summed E-state index contributed by atoms with van der Waals surface area (Å²) in [7, 11) is 0. The Morgan fingerprint density at radius 3 is 1.36 bits per heavy atom. The van der Waals surface area contributed by atoms with Crippen LogP contribution in [0.15, 0.2) is 212 Å². The standard InChI is InChI=1S/C54H40N2/c1-2-43-36-42-37-47(34-35-52(42)56(43)45-20-10-5-11-21-45)55(44-18-8-4-9-19-44)46-32-30-39(31-33-46)38-26-28-41(29-27-38)54-50-24-14-12-22-48(50)53(40-16-6-3-7-17-40)49-23-13-15-25-51(49)54/h3-37H,2H2,1H3. The summed E-state index contributed by atoms with van der Waals surface area (Å²) >= 11 is 0. The predicted molar refractivity (Wildman–Crippen MR) is 239 cm³/mol. The molecule has 0 bridgehead atoms. The van der Waals surface area contributed by atoms with Crippen LogP contribution in [0.3, 0.4) is 0 Å². The van der Waals surface area contributed by atoms with E-state index < -0.39 is 0 Å². The summed E-state index contributed by atoms with van der Waals surface area (Å²) in [6.45, 7) is 2.23. The van der Waals surface area contributed by atoms with Gasteiger partial charge in [0.15, 0.2) is 0 Å². The number of hydrogen-bond acceptors (Lipinski definition) is 1. The fraction of sp³-hybridized carbons (Fsp3) is 0.0370. The van der Waals surface area contributed by atoms with Crippen LogP contribution in [0, 0.1) is 0 Å². The zero-order chi connectivity index (χ0) is 37.4. The molecule has 0 aliphatic rings. The Hall–Kier alpha value is -7.16. The van der Waals surface area contributed by atoms with Crippen LogP contribution in [-0.4, -0.2) is 4.57 Å². The van der Waals surface area contributed by atoms with Crippen LogP contribution in [0.5, 0.6) is 0 Å². The Balaban J connectivity index is 1.02. The van der Waals surface area contributed by atoms with E-state index in [9.17, 15) is 0 Å². The Morgan fingerprint density at radius 2 is 0.804 bits per heavy atom. The van der Waals surface area contributed by atoms with E-state index in [1.807, 2.05) is 0 Å². The van der Waals surface area contributed by atoms with E-state index >= 15 is 0 Å². The normalized spacial score (nSPS) is 11.4. The molecule has 1 heterocycles. The van der Waals surface area contributed by atoms with Crippen LogP contribution >= 0.6 is 0 Å². The quantitative estimate of drug-likeness (QED) is 0.142. The summed E-state index contributed by atoms with van der Waals surface area (Å²) in [4.78, 5) is 2.35. The van der Waals surface area contributed by atoms with Crippen molar-refractivity contribution in [1.29, 1.82) is 0 Å². The maximum absolute atomic E-state index is 2.39. The summed E-state index contributed by atoms with van der Waals surface area (Å²) in [5.74, 6) is 0. The lowest BCUT2D eigenvalue weighted by molar-refractivity contribution is 0.961. The first-order valence-corrected chi connectivity index (χ1v) is 19.5. The molecule has 10 rings (SSSR count). The fourth-order valence-electron chi connectivity index (χ4n) is 8.55. The van der Waals surface area contributed by atoms with Gasteiger partial charge in [-0.25, -0.2) is 0 Å². The van der Waals surface area contributed by atoms with E-state index in [1.54, 1.807) is 0 Å². The lowest BCUT2D eigenvalue weighted by Crippen LogP contribution is -2.09. The van der Waals surface area contributed by atoms with E-state index in [4.69, 9.17) is 0 Å². The van der Waals surface area contributed by atoms with Crippen LogP contribution in [-0.2, 0) is 6.42 Å². The molecule has 0 aliphatic heterocycles. The number of anilines is 3. The van der Waals surface area contributed by atoms with Gasteiger partial charge in [-0.2, -0.15) is 0 Å². The average molecular weight is 717 g/mol. The van der Waals surface area contributed by atoms with Crippen molar-refractivity contribution in [3.8, 4) is 39.1 Å². The number of rotatable bonds is 8. The first-order chi connectivity index (χ1) is 27.7. The minimum absolute atomic E-state index is 0.956. The number of benzene rings is 9. The summed E-state index contributed by atoms with van der Waals surface area (Å²) in [5.41, 5.74) is 14.5. The van der Waals surface area contributed by atoms with Gasteiger partial charge in [-0.1, -0.05) is 159 Å². The van der Waals surface area contributed by atoms with Gasteiger partial charge in [0.1, 0.15) is 0 Å². The molecular weight excluding hydrogens is 677 g/mol. The van der Waals surface area contributed by atoms with Gasteiger partial charge in [0.2, 0.25) is 0 Å². The van der Waals surface area contributed by atoms with Gasteiger partial charge in [-0.3, -0.25) is 0 Å². The second-order valence-electron chi connectivity index (χ2n) is 14.4. The molecule has 0 N–H and O–H groups in total. The van der Waals surface area contributed by atoms with Gasteiger partial charge >= 0.3 is 0 Å². The zero-order valence-corrected chi connectivity index (χ0v) is 31.3. The van der Waals surface area contributed by atoms with Crippen molar-refractivity contribution in [3.05, 3.63) is 218 Å². The molecule has 0 fully saturated rings. The van der Waals surface area contributed by atoms with E-state index in [1.165, 1.54) is 77.2 Å². The molecule has 0 amide bonds. The van der Waals surface area contributed by atoms with Gasteiger partial charge < -0.3 is 9.47 Å². The van der Waals surface area contributed by atoms with E-state index in [0.717, 1.165) is 23.5 Å². The molecule has 9 aromatic carbocycles. The topological polar surface area (TPSA) is 8.17 Å². The van der Waals surface area contributed by atoms with Crippen molar-refractivity contribution in [2.24, 2.45) is 0 Å². The highest BCUT2D eigenvalue weighted by atomic mass is 15.1. The third kappa shape index (κ3) is 5.84. The molecule has 0 radical (unpaired) electrons. The Morgan fingerprint density at radius 1 is 0.375 bits per heavy atom. The average Bonchev–Trinajstić information content (AvgIpc) is 3.65. The first-order valence-electron chi connectivity index (χ1n) is 19.5. The molecule has 0 atom stereocenters. The van der Waals surface area contributed by atoms with Gasteiger partial charge in [-0.05, 0) is 122 Å². The Labute approximate surface area is 328 Å². The van der Waals surface area contributed by atoms with Crippen LogP contribution in [0.2, 0.25) is 0 Å². The summed E-state index contributed by atoms with van der Waals surface area (Å²) < 4.78 is 2.39. The molecule has 266 valence electrons. The van der Waals surface area contributed by atoms with E-state index in [0.29, 0.717) is 0 Å². The highest BCUT2D eigenvalue weighted by Crippen LogP contribution is 2.44. The smallest absolute Gasteiger partial charge is 0.0532 e. The summed E-state index contributed by atoms with van der Waals surface area (Å²) in [6.07, 6.45) is 0.956. The summed E-state index contributed by atoms with van der Waals surface area (Å²) in [6, 6.07) is 77.1. The lowest BCUT2D eigenvalue weighted by atomic mass is 9.86. The van der Waals surface area contributed by atoms with Crippen molar-refractivity contribution in [1.82, 2.24) is 4.57 Å². The van der Waals surface area contributed by atoms with Crippen molar-refractivity contribution in [2.45, 2.75) is 13.3 Å². The molecule has 0 unspecified atom stereocenters. The molecule has 2 nitrogen and oxygen atoms in total. The Kier molecular flexibility index (Phi) is 8.50. The summed E-state index contributed by atoms with van der Waals surface area (Å²) in [5, 5.41) is 6.31. The number of hydrogen-bond donors (Lipinski definition) is 0. The molecule has 0 saturated heterocycles. The Bertz CT molecular complexity index is 2910. The SMILES string of the molecule is CCc1cc2cc(N(c3ccccc3)c3ccc(-c4ccc(-c5c6ccccc6c(-c6ccccc6)c6ccccc56)cc4)cc3)ccc2n1-c1ccccc1. The second-order valence-corrected chi connectivity index (χ2v) is 14.4. The number of nitrogens with zero attached hydrogens (tertiary/aromatic N) is 2. The first kappa shape index (κ1) is 33.4. The van der Waals surface area contributed by atoms with Crippen LogP contribution in [0.25, 0.3) is 71.5 Å². The van der Waals surface area contributed by atoms with Crippen molar-refractivity contribution >= 4 is 49.5 Å². The molecule has 2 heteroatoms. The number of aromatic nitrogens is 1. The molecule has 56 heavy (non-hydrogen) atoms. The third-order valence-electron chi connectivity index (χ3n) is 11.1. The lowest BCUT2D eigenvalue weighted by Gasteiger charge is -2.26. The third-order valence-corrected chi connectivity index (χ3v) is 11.1. The highest BCUT2D eigenvalue weighted by Gasteiger charge is 2.18. The maximum Gasteiger partial charge on any atom is 0.0532 e. The number of fused-ring (bicyclic) bond motifs is 3. The maximum atomic E-state index is 2.39. The minimum Gasteiger partial charge on any atom is -0.314 e. The van der Waals surface area contributed by atoms with Crippen molar-refractivity contribution < 1.29 is 0 Å². The van der Waals surface area contributed by atoms with E-state index in [-0.39, 0.29) is 0 Å². The monoisotopic (exact) mass is 716 g/mol. The van der Waals surface area contributed by atoms with Crippen molar-refractivity contribution in [3.63, 3.8) is 0 Å². The largest absolute Gasteiger partial charge is 0.314 e. The van der Waals surface area contributed by atoms with Crippen LogP contribution in [0.1, 0.15) is 12.6 Å². The van der Waals surface area contributed by atoms with Gasteiger partial charge in [0.25, 0.3) is 0 Å². The van der Waals surface area contributed by atoms with E-state index in [2.05, 4.69) is 229 Å². The fourth-order valence-corrected chi connectivity index (χ4v) is 8.55. The molecule has 0 spiro atoms. The number of para-hydroxylation sites is 2. The zero-order valence-electron chi connectivity index (χ0n) is 31.3. The van der Waals surface area contributed by atoms with Crippen LogP contribution < -0.4 is 4.90 Å². The highest BCUT2D eigenvalue weighted by molar-refractivity contribution is 6.21. The molecule has 0 saturated carbocycles. The van der Waals surface area contributed by atoms with Crippen LogP contribution in [0.4, 0.5) is 17.1 Å². The molecule has 0 aliphatic carbocycles. The van der Waals surface area contributed by atoms with Gasteiger partial charge in [-0.15, -0.1) is 0 Å². The minimum atomic E-state index is 0.956. The van der Waals surface area contributed by atoms with Gasteiger partial charge in [0, 0.05) is 33.8 Å². The van der Waals surface area contributed by atoms with Crippen molar-refractivity contribution in [2.75, 3.05) is 4.90 Å². The second kappa shape index (κ2) is 14.2. The van der Waals surface area contributed by atoms with Gasteiger partial charge in [0.05, 0.1) is 5.52 Å². The molecular formula is C54H40N2. The predicted octanol–water partition coefficient (Wildman–Crippen LogP) is 15.0. The molecule has 10 aromatic rings.